The van der Waals surface area contributed by atoms with Gasteiger partial charge in [-0.05, 0) is 6.42 Å². The predicted molar refractivity (Wildman–Crippen MR) is 59.3 cm³/mol. The molecule has 0 unspecified atom stereocenters. The van der Waals surface area contributed by atoms with Crippen LogP contribution in [0, 0.1) is 0 Å². The molecule has 17 heavy (non-hydrogen) atoms. The van der Waals surface area contributed by atoms with Crippen LogP contribution in [0.15, 0.2) is 0 Å². The number of nitrogens with zero attached hydrogens (tertiary/aromatic N) is 2. The molecule has 0 aliphatic rings. The van der Waals surface area contributed by atoms with E-state index in [9.17, 15) is 9.59 Å². The van der Waals surface area contributed by atoms with Crippen LogP contribution in [0.25, 0.3) is 0 Å². The van der Waals surface area contributed by atoms with Crippen LogP contribution in [-0.2, 0) is 27.7 Å². The molecule has 0 aliphatic heterocycles. The van der Waals surface area contributed by atoms with Gasteiger partial charge in [-0.3, -0.25) is 4.68 Å². The highest BCUT2D eigenvalue weighted by Gasteiger charge is 2.21. The lowest BCUT2D eigenvalue weighted by molar-refractivity contribution is -0.144. The molecular weight excluding hydrogens is 226 g/mol. The van der Waals surface area contributed by atoms with Gasteiger partial charge in [0.1, 0.15) is 0 Å². The summed E-state index contributed by atoms with van der Waals surface area (Å²) in [5, 5.41) is 4.07. The molecule has 2 N–H and O–H groups in total. The van der Waals surface area contributed by atoms with Crippen LogP contribution in [-0.4, -0.2) is 35.4 Å². The molecule has 1 rings (SSSR count). The van der Waals surface area contributed by atoms with Gasteiger partial charge in [-0.1, -0.05) is 6.92 Å². The summed E-state index contributed by atoms with van der Waals surface area (Å²) in [6.45, 7) is 1.43. The summed E-state index contributed by atoms with van der Waals surface area (Å²) < 4.78 is 10.4. The summed E-state index contributed by atoms with van der Waals surface area (Å²) in [7, 11) is 2.80. The average Bonchev–Trinajstić information content (AvgIpc) is 2.60. The van der Waals surface area contributed by atoms with Crippen molar-refractivity contribution in [2.75, 3.05) is 19.5 Å². The fourth-order valence-electron chi connectivity index (χ4n) is 1.35. The number of ether oxygens (including phenoxy) is 2. The van der Waals surface area contributed by atoms with E-state index >= 15 is 0 Å². The van der Waals surface area contributed by atoms with Gasteiger partial charge < -0.3 is 15.2 Å². The predicted octanol–water partition coefficient (Wildman–Crippen LogP) is -0.106. The van der Waals surface area contributed by atoms with E-state index in [1.54, 1.807) is 7.05 Å². The standard InChI is InChI=1S/C10H15N3O4/c1-4-6-8(11)9(13(2)12-6)10(15)17-5-7(14)16-3/h4-5,11H2,1-3H3. The van der Waals surface area contributed by atoms with Gasteiger partial charge >= 0.3 is 11.9 Å². The number of carbonyl (C=O) groups is 2. The molecule has 0 bridgehead atoms. The lowest BCUT2D eigenvalue weighted by Gasteiger charge is -2.04. The molecule has 0 atom stereocenters. The van der Waals surface area contributed by atoms with Crippen LogP contribution < -0.4 is 5.73 Å². The van der Waals surface area contributed by atoms with E-state index in [0.717, 1.165) is 0 Å². The Labute approximate surface area is 98.5 Å². The molecule has 1 heterocycles. The van der Waals surface area contributed by atoms with Crippen LogP contribution in [0.3, 0.4) is 0 Å². The van der Waals surface area contributed by atoms with E-state index in [2.05, 4.69) is 9.84 Å². The summed E-state index contributed by atoms with van der Waals surface area (Å²) in [6, 6.07) is 0. The van der Waals surface area contributed by atoms with E-state index in [4.69, 9.17) is 10.5 Å². The molecule has 0 saturated heterocycles. The molecule has 0 amide bonds. The van der Waals surface area contributed by atoms with Crippen molar-refractivity contribution in [3.8, 4) is 0 Å². The second-order valence-electron chi connectivity index (χ2n) is 3.34. The fourth-order valence-corrected chi connectivity index (χ4v) is 1.35. The molecule has 1 aromatic heterocycles. The van der Waals surface area contributed by atoms with Crippen LogP contribution in [0.1, 0.15) is 23.1 Å². The Balaban J connectivity index is 2.82. The SMILES string of the molecule is CCc1nn(C)c(C(=O)OCC(=O)OC)c1N. The zero-order valence-electron chi connectivity index (χ0n) is 10.0. The maximum absolute atomic E-state index is 11.7. The van der Waals surface area contributed by atoms with Gasteiger partial charge in [-0.25, -0.2) is 9.59 Å². The van der Waals surface area contributed by atoms with E-state index < -0.39 is 18.5 Å². The third-order valence-electron chi connectivity index (χ3n) is 2.24. The number of nitrogens with two attached hydrogens (primary N) is 1. The van der Waals surface area contributed by atoms with Crippen molar-refractivity contribution >= 4 is 17.6 Å². The molecule has 7 heteroatoms. The van der Waals surface area contributed by atoms with Crippen molar-refractivity contribution in [3.63, 3.8) is 0 Å². The minimum Gasteiger partial charge on any atom is -0.466 e. The van der Waals surface area contributed by atoms with E-state index in [1.807, 2.05) is 6.92 Å². The van der Waals surface area contributed by atoms with Gasteiger partial charge in [-0.2, -0.15) is 5.10 Å². The number of nitrogen functional groups attached to an aromatic ring is 1. The van der Waals surface area contributed by atoms with Crippen LogP contribution >= 0.6 is 0 Å². The molecule has 0 radical (unpaired) electrons. The smallest absolute Gasteiger partial charge is 0.359 e. The number of hydrogen-bond donors (Lipinski definition) is 1. The first-order valence-electron chi connectivity index (χ1n) is 5.06. The third-order valence-corrected chi connectivity index (χ3v) is 2.24. The quantitative estimate of drug-likeness (QED) is 0.739. The number of rotatable bonds is 4. The zero-order chi connectivity index (χ0) is 13.0. The zero-order valence-corrected chi connectivity index (χ0v) is 10.0. The van der Waals surface area contributed by atoms with E-state index in [-0.39, 0.29) is 11.4 Å². The van der Waals surface area contributed by atoms with Crippen LogP contribution in [0.4, 0.5) is 5.69 Å². The summed E-state index contributed by atoms with van der Waals surface area (Å²) in [5.41, 5.74) is 6.80. The van der Waals surface area contributed by atoms with Gasteiger partial charge in [-0.15, -0.1) is 0 Å². The van der Waals surface area contributed by atoms with Crippen molar-refractivity contribution in [3.05, 3.63) is 11.4 Å². The molecule has 0 fully saturated rings. The second-order valence-corrected chi connectivity index (χ2v) is 3.34. The maximum atomic E-state index is 11.7. The molecular formula is C10H15N3O4. The highest BCUT2D eigenvalue weighted by molar-refractivity contribution is 5.94. The van der Waals surface area contributed by atoms with Crippen LogP contribution in [0.5, 0.6) is 0 Å². The number of carbonyl (C=O) groups excluding carboxylic acids is 2. The van der Waals surface area contributed by atoms with Crippen molar-refractivity contribution in [1.29, 1.82) is 0 Å². The topological polar surface area (TPSA) is 96.4 Å². The lowest BCUT2D eigenvalue weighted by atomic mass is 10.2. The number of hydrogen-bond acceptors (Lipinski definition) is 6. The van der Waals surface area contributed by atoms with Crippen molar-refractivity contribution < 1.29 is 19.1 Å². The minimum atomic E-state index is -0.692. The summed E-state index contributed by atoms with van der Waals surface area (Å²) in [4.78, 5) is 22.5. The Hall–Kier alpha value is -2.05. The number of methoxy groups -OCH3 is 1. The Morgan fingerprint density at radius 1 is 1.47 bits per heavy atom. The van der Waals surface area contributed by atoms with Crippen molar-refractivity contribution in [1.82, 2.24) is 9.78 Å². The molecule has 0 saturated carbocycles. The first kappa shape index (κ1) is 13.0. The highest BCUT2D eigenvalue weighted by atomic mass is 16.6. The van der Waals surface area contributed by atoms with Gasteiger partial charge in [0.15, 0.2) is 12.3 Å². The van der Waals surface area contributed by atoms with Crippen LogP contribution in [0.2, 0.25) is 0 Å². The summed E-state index contributed by atoms with van der Waals surface area (Å²) in [6.07, 6.45) is 0.615. The molecule has 0 aliphatic carbocycles. The van der Waals surface area contributed by atoms with E-state index in [1.165, 1.54) is 11.8 Å². The molecule has 94 valence electrons. The van der Waals surface area contributed by atoms with Crippen molar-refractivity contribution in [2.24, 2.45) is 7.05 Å². The Morgan fingerprint density at radius 2 is 2.12 bits per heavy atom. The van der Waals surface area contributed by atoms with Gasteiger partial charge in [0, 0.05) is 7.05 Å². The largest absolute Gasteiger partial charge is 0.466 e. The normalized spacial score (nSPS) is 10.1. The molecule has 0 spiro atoms. The van der Waals surface area contributed by atoms with Crippen molar-refractivity contribution in [2.45, 2.75) is 13.3 Å². The van der Waals surface area contributed by atoms with E-state index in [0.29, 0.717) is 12.1 Å². The highest BCUT2D eigenvalue weighted by Crippen LogP contribution is 2.17. The van der Waals surface area contributed by atoms with Gasteiger partial charge in [0.2, 0.25) is 0 Å². The third kappa shape index (κ3) is 2.74. The first-order valence-corrected chi connectivity index (χ1v) is 5.06. The fraction of sp³-hybridized carbons (Fsp3) is 0.500. The molecule has 7 nitrogen and oxygen atoms in total. The number of anilines is 1. The van der Waals surface area contributed by atoms with Gasteiger partial charge in [0.25, 0.3) is 0 Å². The summed E-state index contributed by atoms with van der Waals surface area (Å²) >= 11 is 0. The Bertz CT molecular complexity index is 439. The van der Waals surface area contributed by atoms with Gasteiger partial charge in [0.05, 0.1) is 18.5 Å². The Morgan fingerprint density at radius 3 is 2.59 bits per heavy atom. The first-order chi connectivity index (χ1) is 8.01. The Kier molecular flexibility index (Phi) is 4.08. The monoisotopic (exact) mass is 241 g/mol. The maximum Gasteiger partial charge on any atom is 0.359 e. The number of aryl methyl sites for hydroxylation is 2. The number of aromatic nitrogens is 2. The molecule has 0 aromatic carbocycles. The lowest BCUT2D eigenvalue weighted by Crippen LogP contribution is -2.18. The minimum absolute atomic E-state index is 0.144. The summed E-state index contributed by atoms with van der Waals surface area (Å²) in [5.74, 6) is -1.32. The average molecular weight is 241 g/mol. The number of esters is 2. The second kappa shape index (κ2) is 5.33. The molecule has 1 aromatic rings.